The topological polar surface area (TPSA) is 38.7 Å². The van der Waals surface area contributed by atoms with Gasteiger partial charge in [-0.3, -0.25) is 0 Å². The van der Waals surface area contributed by atoms with E-state index in [1.54, 1.807) is 31.4 Å². The molecule has 0 radical (unpaired) electrons. The summed E-state index contributed by atoms with van der Waals surface area (Å²) in [6.07, 6.45) is -1.15. The predicted octanol–water partition coefficient (Wildman–Crippen LogP) is 3.59. The maximum atomic E-state index is 13.9. The molecule has 21 heavy (non-hydrogen) atoms. The van der Waals surface area contributed by atoms with E-state index in [9.17, 15) is 9.50 Å². The van der Waals surface area contributed by atoms with Crippen LogP contribution in [0.1, 0.15) is 17.2 Å². The van der Waals surface area contributed by atoms with E-state index in [4.69, 9.17) is 21.1 Å². The molecule has 0 aromatic heterocycles. The van der Waals surface area contributed by atoms with E-state index in [0.717, 1.165) is 0 Å². The van der Waals surface area contributed by atoms with Crippen LogP contribution in [0, 0.1) is 5.82 Å². The fraction of sp³-hybridized carbons (Fsp3) is 0.250. The molecular weight excluding hydrogens is 295 g/mol. The molecule has 0 fully saturated rings. The average Bonchev–Trinajstić information content (AvgIpc) is 2.50. The van der Waals surface area contributed by atoms with Crippen molar-refractivity contribution in [1.29, 1.82) is 0 Å². The van der Waals surface area contributed by atoms with Crippen LogP contribution in [0.4, 0.5) is 4.39 Å². The number of aliphatic hydroxyl groups is 1. The molecule has 0 amide bonds. The van der Waals surface area contributed by atoms with E-state index in [2.05, 4.69) is 0 Å². The Labute approximate surface area is 127 Å². The van der Waals surface area contributed by atoms with Crippen LogP contribution in [0.2, 0.25) is 5.02 Å². The zero-order chi connectivity index (χ0) is 15.2. The standard InChI is InChI=1S/C16H16ClFO3/c1-20-8-9-21-15-5-3-2-4-12(15)16(19)13-10-11(17)6-7-14(13)18/h2-7,10,16,19H,8-9H2,1H3. The Kier molecular flexibility index (Phi) is 5.56. The molecule has 1 atom stereocenters. The van der Waals surface area contributed by atoms with Crippen molar-refractivity contribution in [2.45, 2.75) is 6.10 Å². The molecule has 0 aliphatic carbocycles. The lowest BCUT2D eigenvalue weighted by molar-refractivity contribution is 0.142. The fourth-order valence-corrected chi connectivity index (χ4v) is 2.15. The van der Waals surface area contributed by atoms with Gasteiger partial charge in [-0.25, -0.2) is 4.39 Å². The Morgan fingerprint density at radius 3 is 2.67 bits per heavy atom. The van der Waals surface area contributed by atoms with Crippen molar-refractivity contribution in [3.8, 4) is 5.75 Å². The Bertz CT molecular complexity index is 604. The van der Waals surface area contributed by atoms with Gasteiger partial charge in [0.05, 0.1) is 6.61 Å². The Hall–Kier alpha value is -1.62. The lowest BCUT2D eigenvalue weighted by Crippen LogP contribution is -2.09. The monoisotopic (exact) mass is 310 g/mol. The van der Waals surface area contributed by atoms with Crippen molar-refractivity contribution < 1.29 is 19.0 Å². The van der Waals surface area contributed by atoms with Crippen molar-refractivity contribution >= 4 is 11.6 Å². The number of rotatable bonds is 6. The summed E-state index contributed by atoms with van der Waals surface area (Å²) in [7, 11) is 1.57. The summed E-state index contributed by atoms with van der Waals surface area (Å²) in [5, 5.41) is 10.8. The third-order valence-corrected chi connectivity index (χ3v) is 3.25. The first-order valence-corrected chi connectivity index (χ1v) is 6.85. The van der Waals surface area contributed by atoms with Crippen molar-refractivity contribution in [3.05, 3.63) is 64.4 Å². The van der Waals surface area contributed by atoms with Crippen LogP contribution in [-0.2, 0) is 4.74 Å². The first-order valence-electron chi connectivity index (χ1n) is 6.47. The summed E-state index contributed by atoms with van der Waals surface area (Å²) in [4.78, 5) is 0. The summed E-state index contributed by atoms with van der Waals surface area (Å²) in [6.45, 7) is 0.772. The molecule has 1 N–H and O–H groups in total. The zero-order valence-corrected chi connectivity index (χ0v) is 12.3. The van der Waals surface area contributed by atoms with Gasteiger partial charge in [0.1, 0.15) is 24.3 Å². The number of hydrogen-bond acceptors (Lipinski definition) is 3. The molecule has 0 heterocycles. The predicted molar refractivity (Wildman–Crippen MR) is 79.3 cm³/mol. The summed E-state index contributed by atoms with van der Waals surface area (Å²) < 4.78 is 24.3. The van der Waals surface area contributed by atoms with Crippen LogP contribution in [0.5, 0.6) is 5.75 Å². The quantitative estimate of drug-likeness (QED) is 0.829. The molecule has 2 aromatic rings. The van der Waals surface area contributed by atoms with Crippen LogP contribution in [0.3, 0.4) is 0 Å². The van der Waals surface area contributed by atoms with Crippen LogP contribution in [0.25, 0.3) is 0 Å². The molecule has 5 heteroatoms. The van der Waals surface area contributed by atoms with Crippen LogP contribution < -0.4 is 4.74 Å². The highest BCUT2D eigenvalue weighted by atomic mass is 35.5. The molecule has 2 aromatic carbocycles. The molecule has 0 aliphatic heterocycles. The molecule has 1 unspecified atom stereocenters. The highest BCUT2D eigenvalue weighted by Gasteiger charge is 2.19. The summed E-state index contributed by atoms with van der Waals surface area (Å²) >= 11 is 5.86. The highest BCUT2D eigenvalue weighted by Crippen LogP contribution is 2.32. The molecule has 3 nitrogen and oxygen atoms in total. The number of methoxy groups -OCH3 is 1. The summed E-state index contributed by atoms with van der Waals surface area (Å²) in [5.74, 6) is -0.0278. The van der Waals surface area contributed by atoms with Gasteiger partial charge < -0.3 is 14.6 Å². The zero-order valence-electron chi connectivity index (χ0n) is 11.6. The lowest BCUT2D eigenvalue weighted by Gasteiger charge is -2.17. The van der Waals surface area contributed by atoms with Gasteiger partial charge >= 0.3 is 0 Å². The van der Waals surface area contributed by atoms with Gasteiger partial charge in [0, 0.05) is 23.3 Å². The van der Waals surface area contributed by atoms with E-state index in [-0.39, 0.29) is 5.56 Å². The van der Waals surface area contributed by atoms with E-state index in [0.29, 0.717) is 29.5 Å². The van der Waals surface area contributed by atoms with Crippen molar-refractivity contribution in [2.24, 2.45) is 0 Å². The van der Waals surface area contributed by atoms with Gasteiger partial charge in [-0.2, -0.15) is 0 Å². The van der Waals surface area contributed by atoms with E-state index >= 15 is 0 Å². The minimum Gasteiger partial charge on any atom is -0.491 e. The maximum absolute atomic E-state index is 13.9. The number of benzene rings is 2. The van der Waals surface area contributed by atoms with Crippen molar-refractivity contribution in [1.82, 2.24) is 0 Å². The van der Waals surface area contributed by atoms with E-state index in [1.165, 1.54) is 18.2 Å². The molecule has 0 saturated heterocycles. The number of hydrogen-bond donors (Lipinski definition) is 1. The van der Waals surface area contributed by atoms with Crippen molar-refractivity contribution in [3.63, 3.8) is 0 Å². The minimum atomic E-state index is -1.15. The van der Waals surface area contributed by atoms with Gasteiger partial charge in [-0.15, -0.1) is 0 Å². The van der Waals surface area contributed by atoms with Crippen molar-refractivity contribution in [2.75, 3.05) is 20.3 Å². The van der Waals surface area contributed by atoms with Crippen LogP contribution in [0.15, 0.2) is 42.5 Å². The second-order valence-corrected chi connectivity index (χ2v) is 4.88. The van der Waals surface area contributed by atoms with Crippen LogP contribution in [-0.4, -0.2) is 25.4 Å². The third kappa shape index (κ3) is 3.94. The fourth-order valence-electron chi connectivity index (χ4n) is 1.96. The molecule has 0 spiro atoms. The first-order chi connectivity index (χ1) is 10.1. The molecule has 0 saturated carbocycles. The molecule has 112 valence electrons. The maximum Gasteiger partial charge on any atom is 0.129 e. The molecule has 2 rings (SSSR count). The number of halogens is 2. The smallest absolute Gasteiger partial charge is 0.129 e. The van der Waals surface area contributed by atoms with Gasteiger partial charge in [0.2, 0.25) is 0 Å². The summed E-state index contributed by atoms with van der Waals surface area (Å²) in [5.41, 5.74) is 0.597. The summed E-state index contributed by atoms with van der Waals surface area (Å²) in [6, 6.07) is 11.0. The second-order valence-electron chi connectivity index (χ2n) is 4.45. The number of para-hydroxylation sites is 1. The Morgan fingerprint density at radius 2 is 1.90 bits per heavy atom. The molecule has 0 bridgehead atoms. The number of ether oxygens (including phenoxy) is 2. The molecular formula is C16H16ClFO3. The average molecular weight is 311 g/mol. The number of aliphatic hydroxyl groups excluding tert-OH is 1. The normalized spacial score (nSPS) is 12.2. The highest BCUT2D eigenvalue weighted by molar-refractivity contribution is 6.30. The minimum absolute atomic E-state index is 0.116. The van der Waals surface area contributed by atoms with Gasteiger partial charge in [0.25, 0.3) is 0 Å². The second kappa shape index (κ2) is 7.41. The lowest BCUT2D eigenvalue weighted by atomic mass is 10.0. The van der Waals surface area contributed by atoms with E-state index in [1.807, 2.05) is 0 Å². The third-order valence-electron chi connectivity index (χ3n) is 3.01. The Balaban J connectivity index is 2.30. The molecule has 0 aliphatic rings. The van der Waals surface area contributed by atoms with Gasteiger partial charge in [-0.1, -0.05) is 29.8 Å². The largest absolute Gasteiger partial charge is 0.491 e. The first kappa shape index (κ1) is 15.8. The van der Waals surface area contributed by atoms with E-state index < -0.39 is 11.9 Å². The van der Waals surface area contributed by atoms with Gasteiger partial charge in [0.15, 0.2) is 0 Å². The van der Waals surface area contributed by atoms with Crippen LogP contribution >= 0.6 is 11.6 Å². The SMILES string of the molecule is COCCOc1ccccc1C(O)c1cc(Cl)ccc1F. The Morgan fingerprint density at radius 1 is 1.14 bits per heavy atom. The van der Waals surface area contributed by atoms with Gasteiger partial charge in [-0.05, 0) is 24.3 Å².